The van der Waals surface area contributed by atoms with Gasteiger partial charge >= 0.3 is 5.97 Å². The van der Waals surface area contributed by atoms with E-state index in [9.17, 15) is 19.7 Å². The number of nitro benzene ring substituents is 1. The Morgan fingerprint density at radius 3 is 2.67 bits per heavy atom. The zero-order chi connectivity index (χ0) is 20.1. The Morgan fingerprint density at radius 2 is 2.07 bits per heavy atom. The van der Waals surface area contributed by atoms with Crippen LogP contribution in [0.2, 0.25) is 5.02 Å². The fourth-order valence-corrected chi connectivity index (χ4v) is 2.95. The number of hydrogen-bond donors (Lipinski definition) is 0. The maximum absolute atomic E-state index is 12.9. The number of non-ortho nitro benzene ring substituents is 1. The van der Waals surface area contributed by atoms with Gasteiger partial charge in [-0.15, -0.1) is 0 Å². The van der Waals surface area contributed by atoms with Crippen LogP contribution in [0.1, 0.15) is 18.9 Å². The summed E-state index contributed by atoms with van der Waals surface area (Å²) in [6, 6.07) is 3.89. The number of rotatable bonds is 7. The number of nitro groups is 1. The topological polar surface area (TPSA) is 99.0 Å². The summed E-state index contributed by atoms with van der Waals surface area (Å²) >= 11 is 6.12. The van der Waals surface area contributed by atoms with Crippen LogP contribution in [0, 0.1) is 10.1 Å². The maximum Gasteiger partial charge on any atom is 0.340 e. The van der Waals surface area contributed by atoms with Gasteiger partial charge < -0.3 is 14.4 Å². The van der Waals surface area contributed by atoms with Crippen molar-refractivity contribution in [3.05, 3.63) is 55.7 Å². The minimum Gasteiger partial charge on any atom is -0.465 e. The number of carbonyl (C=O) groups excluding carboxylic acids is 2. The molecule has 0 radical (unpaired) electrons. The summed E-state index contributed by atoms with van der Waals surface area (Å²) in [6.45, 7) is 2.46. The zero-order valence-corrected chi connectivity index (χ0v) is 15.9. The first-order chi connectivity index (χ1) is 12.8. The molecule has 0 unspecified atom stereocenters. The van der Waals surface area contributed by atoms with Crippen LogP contribution in [0.4, 0.5) is 5.69 Å². The summed E-state index contributed by atoms with van der Waals surface area (Å²) in [5.41, 5.74) is 0.744. The van der Waals surface area contributed by atoms with Crippen molar-refractivity contribution >= 4 is 35.2 Å². The van der Waals surface area contributed by atoms with E-state index in [-0.39, 0.29) is 27.4 Å². The number of nitrogens with zero attached hydrogens (tertiary/aromatic N) is 2. The van der Waals surface area contributed by atoms with Gasteiger partial charge in [0.1, 0.15) is 0 Å². The Morgan fingerprint density at radius 1 is 1.37 bits per heavy atom. The molecule has 0 fully saturated rings. The van der Waals surface area contributed by atoms with E-state index in [4.69, 9.17) is 21.1 Å². The van der Waals surface area contributed by atoms with Crippen LogP contribution in [-0.2, 0) is 19.1 Å². The highest BCUT2D eigenvalue weighted by atomic mass is 35.5. The standard InChI is InChI=1S/C18H19ClN2O6/c1-11-16(18(23)27-3)14(17(22)20(11)7-4-8-26-2)10-12-9-13(21(24)25)5-6-15(12)19/h5-6,9-10H,4,7-8H2,1-3H3/b14-10-. The maximum atomic E-state index is 12.9. The van der Waals surface area contributed by atoms with E-state index in [1.54, 1.807) is 14.0 Å². The van der Waals surface area contributed by atoms with E-state index in [0.29, 0.717) is 25.3 Å². The van der Waals surface area contributed by atoms with Crippen LogP contribution in [0.5, 0.6) is 0 Å². The molecule has 0 aromatic heterocycles. The molecule has 27 heavy (non-hydrogen) atoms. The van der Waals surface area contributed by atoms with Gasteiger partial charge in [0, 0.05) is 48.7 Å². The summed E-state index contributed by atoms with van der Waals surface area (Å²) in [5, 5.41) is 11.2. The fourth-order valence-electron chi connectivity index (χ4n) is 2.78. The van der Waals surface area contributed by atoms with Crippen LogP contribution in [-0.4, -0.2) is 49.1 Å². The molecular weight excluding hydrogens is 376 g/mol. The smallest absolute Gasteiger partial charge is 0.340 e. The Kier molecular flexibility index (Phi) is 6.70. The summed E-state index contributed by atoms with van der Waals surface area (Å²) in [4.78, 5) is 37.0. The van der Waals surface area contributed by atoms with Crippen LogP contribution < -0.4 is 0 Å². The highest BCUT2D eigenvalue weighted by Gasteiger charge is 2.36. The molecule has 1 heterocycles. The van der Waals surface area contributed by atoms with Crippen molar-refractivity contribution in [1.82, 2.24) is 4.90 Å². The molecule has 0 spiro atoms. The van der Waals surface area contributed by atoms with Crippen molar-refractivity contribution in [1.29, 1.82) is 0 Å². The second-order valence-corrected chi connectivity index (χ2v) is 6.18. The summed E-state index contributed by atoms with van der Waals surface area (Å²) in [6.07, 6.45) is 1.96. The number of amides is 1. The van der Waals surface area contributed by atoms with E-state index in [0.717, 1.165) is 0 Å². The van der Waals surface area contributed by atoms with E-state index >= 15 is 0 Å². The summed E-state index contributed by atoms with van der Waals surface area (Å²) in [7, 11) is 2.78. The van der Waals surface area contributed by atoms with E-state index < -0.39 is 16.8 Å². The molecule has 1 aliphatic rings. The quantitative estimate of drug-likeness (QED) is 0.232. The lowest BCUT2D eigenvalue weighted by Crippen LogP contribution is -2.26. The molecule has 1 aliphatic heterocycles. The molecule has 1 aromatic rings. The van der Waals surface area contributed by atoms with Crippen molar-refractivity contribution in [2.45, 2.75) is 13.3 Å². The minimum absolute atomic E-state index is 0.0826. The van der Waals surface area contributed by atoms with Gasteiger partial charge in [-0.1, -0.05) is 11.6 Å². The molecule has 8 nitrogen and oxygen atoms in total. The molecule has 1 aromatic carbocycles. The molecular formula is C18H19ClN2O6. The molecule has 144 valence electrons. The van der Waals surface area contributed by atoms with Crippen molar-refractivity contribution in [2.75, 3.05) is 27.4 Å². The number of allylic oxidation sites excluding steroid dienone is 1. The molecule has 0 bridgehead atoms. The van der Waals surface area contributed by atoms with Crippen LogP contribution in [0.25, 0.3) is 6.08 Å². The molecule has 9 heteroatoms. The lowest BCUT2D eigenvalue weighted by Gasteiger charge is -2.17. The predicted octanol–water partition coefficient (Wildman–Crippen LogP) is 2.96. The highest BCUT2D eigenvalue weighted by Crippen LogP contribution is 2.33. The van der Waals surface area contributed by atoms with Gasteiger partial charge in [0.05, 0.1) is 23.2 Å². The number of methoxy groups -OCH3 is 2. The summed E-state index contributed by atoms with van der Waals surface area (Å²) < 4.78 is 9.80. The SMILES string of the molecule is COCCCN1C(=O)/C(=C\c2cc([N+](=O)[O-])ccc2Cl)C(C(=O)OC)=C1C. The first-order valence-electron chi connectivity index (χ1n) is 8.07. The van der Waals surface area contributed by atoms with Gasteiger partial charge in [0.2, 0.25) is 0 Å². The average molecular weight is 395 g/mol. The first kappa shape index (κ1) is 20.6. The Bertz CT molecular complexity index is 846. The number of hydrogen-bond acceptors (Lipinski definition) is 6. The van der Waals surface area contributed by atoms with Gasteiger partial charge in [-0.25, -0.2) is 4.79 Å². The van der Waals surface area contributed by atoms with E-state index in [1.807, 2.05) is 0 Å². The second-order valence-electron chi connectivity index (χ2n) is 5.78. The van der Waals surface area contributed by atoms with E-state index in [2.05, 4.69) is 0 Å². The molecule has 0 saturated carbocycles. The lowest BCUT2D eigenvalue weighted by molar-refractivity contribution is -0.384. The monoisotopic (exact) mass is 394 g/mol. The van der Waals surface area contributed by atoms with Gasteiger partial charge in [-0.05, 0) is 25.5 Å². The van der Waals surface area contributed by atoms with Crippen LogP contribution in [0.15, 0.2) is 35.0 Å². The Hall–Kier alpha value is -2.71. The van der Waals surface area contributed by atoms with E-state index in [1.165, 1.54) is 36.3 Å². The first-order valence-corrected chi connectivity index (χ1v) is 8.45. The second kappa shape index (κ2) is 8.79. The van der Waals surface area contributed by atoms with Crippen LogP contribution in [0.3, 0.4) is 0 Å². The fraction of sp³-hybridized carbons (Fsp3) is 0.333. The Balaban J connectivity index is 2.52. The Labute approximate surface area is 161 Å². The number of halogens is 1. The van der Waals surface area contributed by atoms with Crippen molar-refractivity contribution < 1.29 is 24.0 Å². The number of benzene rings is 1. The number of carbonyl (C=O) groups is 2. The minimum atomic E-state index is -0.664. The van der Waals surface area contributed by atoms with Crippen molar-refractivity contribution in [3.8, 4) is 0 Å². The third kappa shape index (κ3) is 4.35. The third-order valence-corrected chi connectivity index (χ3v) is 4.47. The lowest BCUT2D eigenvalue weighted by atomic mass is 10.0. The molecule has 1 amide bonds. The van der Waals surface area contributed by atoms with Crippen molar-refractivity contribution in [2.24, 2.45) is 0 Å². The molecule has 2 rings (SSSR count). The molecule has 0 atom stereocenters. The summed E-state index contributed by atoms with van der Waals surface area (Å²) in [5.74, 6) is -1.06. The molecule has 0 N–H and O–H groups in total. The highest BCUT2D eigenvalue weighted by molar-refractivity contribution is 6.32. The zero-order valence-electron chi connectivity index (χ0n) is 15.2. The van der Waals surface area contributed by atoms with Crippen LogP contribution >= 0.6 is 11.6 Å². The predicted molar refractivity (Wildman–Crippen MR) is 99.0 cm³/mol. The normalized spacial score (nSPS) is 15.6. The van der Waals surface area contributed by atoms with Crippen molar-refractivity contribution in [3.63, 3.8) is 0 Å². The third-order valence-electron chi connectivity index (χ3n) is 4.12. The molecule has 0 saturated heterocycles. The largest absolute Gasteiger partial charge is 0.465 e. The number of esters is 1. The van der Waals surface area contributed by atoms with Gasteiger partial charge in [0.15, 0.2) is 0 Å². The molecule has 0 aliphatic carbocycles. The van der Waals surface area contributed by atoms with Gasteiger partial charge in [-0.2, -0.15) is 0 Å². The number of ether oxygens (including phenoxy) is 2. The van der Waals surface area contributed by atoms with Gasteiger partial charge in [0.25, 0.3) is 11.6 Å². The average Bonchev–Trinajstić information content (AvgIpc) is 2.87. The van der Waals surface area contributed by atoms with Gasteiger partial charge in [-0.3, -0.25) is 14.9 Å².